The van der Waals surface area contributed by atoms with Crippen molar-refractivity contribution in [1.29, 1.82) is 0 Å². The largest absolute Gasteiger partial charge is 0.383 e. The smallest absolute Gasteiger partial charge is 0.0690 e. The van der Waals surface area contributed by atoms with Crippen molar-refractivity contribution in [2.45, 2.75) is 0 Å². The van der Waals surface area contributed by atoms with Crippen molar-refractivity contribution in [2.24, 2.45) is 0 Å². The molecular formula is C7H7N2. The van der Waals surface area contributed by atoms with Gasteiger partial charge in [0.15, 0.2) is 0 Å². The van der Waals surface area contributed by atoms with E-state index in [9.17, 15) is 0 Å². The Labute approximate surface area is 53.9 Å². The molecule has 45 valence electrons. The third-order valence-corrected chi connectivity index (χ3v) is 1.43. The third kappa shape index (κ3) is 0.669. The lowest BCUT2D eigenvalue weighted by Gasteiger charge is -1.93. The molecule has 2 heterocycles. The molecule has 1 aliphatic rings. The predicted octanol–water partition coefficient (Wildman–Crippen LogP) is 1.06. The third-order valence-electron chi connectivity index (χ3n) is 1.43. The van der Waals surface area contributed by atoms with E-state index >= 15 is 0 Å². The van der Waals surface area contributed by atoms with Crippen LogP contribution < -0.4 is 5.32 Å². The number of pyridine rings is 1. The highest BCUT2D eigenvalue weighted by molar-refractivity contribution is 5.56. The average Bonchev–Trinajstić information content (AvgIpc) is 2.33. The van der Waals surface area contributed by atoms with Gasteiger partial charge in [-0.05, 0) is 12.1 Å². The summed E-state index contributed by atoms with van der Waals surface area (Å²) in [5, 5.41) is 3.18. The number of hydrogen-bond donors (Lipinski definition) is 1. The molecular weight excluding hydrogens is 112 g/mol. The van der Waals surface area contributed by atoms with Crippen molar-refractivity contribution >= 4 is 5.69 Å². The summed E-state index contributed by atoms with van der Waals surface area (Å²) in [5.74, 6) is 0. The molecule has 0 fully saturated rings. The van der Waals surface area contributed by atoms with E-state index < -0.39 is 0 Å². The van der Waals surface area contributed by atoms with E-state index in [-0.39, 0.29) is 0 Å². The first kappa shape index (κ1) is 4.79. The van der Waals surface area contributed by atoms with Gasteiger partial charge < -0.3 is 5.32 Å². The molecule has 0 aliphatic carbocycles. The van der Waals surface area contributed by atoms with Crippen LogP contribution in [0.1, 0.15) is 5.69 Å². The topological polar surface area (TPSA) is 24.9 Å². The molecule has 2 rings (SSSR count). The van der Waals surface area contributed by atoms with Gasteiger partial charge in [-0.1, -0.05) is 0 Å². The molecule has 0 bridgehead atoms. The van der Waals surface area contributed by atoms with Gasteiger partial charge in [0, 0.05) is 19.2 Å². The van der Waals surface area contributed by atoms with Crippen LogP contribution in [0.3, 0.4) is 0 Å². The van der Waals surface area contributed by atoms with Gasteiger partial charge in [-0.15, -0.1) is 0 Å². The molecule has 1 N–H and O–H groups in total. The van der Waals surface area contributed by atoms with Gasteiger partial charge in [0.05, 0.1) is 11.4 Å². The van der Waals surface area contributed by atoms with Gasteiger partial charge in [-0.3, -0.25) is 4.98 Å². The lowest BCUT2D eigenvalue weighted by Crippen LogP contribution is -1.89. The van der Waals surface area contributed by atoms with Crippen molar-refractivity contribution in [2.75, 3.05) is 11.9 Å². The number of anilines is 1. The summed E-state index contributed by atoms with van der Waals surface area (Å²) in [6.07, 6.45) is 3.89. The Kier molecular flexibility index (Phi) is 0.918. The average molecular weight is 119 g/mol. The van der Waals surface area contributed by atoms with Crippen LogP contribution in [0.15, 0.2) is 18.3 Å². The zero-order valence-corrected chi connectivity index (χ0v) is 4.96. The molecule has 0 aromatic carbocycles. The van der Waals surface area contributed by atoms with Crippen LogP contribution in [-0.2, 0) is 0 Å². The second-order valence-electron chi connectivity index (χ2n) is 2.02. The van der Waals surface area contributed by atoms with Crippen molar-refractivity contribution in [3.8, 4) is 0 Å². The van der Waals surface area contributed by atoms with Gasteiger partial charge in [0.1, 0.15) is 0 Å². The summed E-state index contributed by atoms with van der Waals surface area (Å²) < 4.78 is 0. The Morgan fingerprint density at radius 1 is 1.56 bits per heavy atom. The summed E-state index contributed by atoms with van der Waals surface area (Å²) in [5.41, 5.74) is 2.23. The van der Waals surface area contributed by atoms with Crippen molar-refractivity contribution in [3.63, 3.8) is 0 Å². The standard InChI is InChI=1S/C7H7N2/c1-2-6-7(8-4-1)3-5-9-6/h1-4,9H,5H2. The number of rotatable bonds is 0. The quantitative estimate of drug-likeness (QED) is 0.552. The van der Waals surface area contributed by atoms with Crippen molar-refractivity contribution < 1.29 is 0 Å². The molecule has 2 heteroatoms. The van der Waals surface area contributed by atoms with Crippen LogP contribution in [0.25, 0.3) is 0 Å². The maximum absolute atomic E-state index is 4.14. The Hall–Kier alpha value is -1.05. The zero-order chi connectivity index (χ0) is 6.10. The molecule has 1 radical (unpaired) electrons. The van der Waals surface area contributed by atoms with Crippen molar-refractivity contribution in [3.05, 3.63) is 30.4 Å². The number of aromatic nitrogens is 1. The van der Waals surface area contributed by atoms with Crippen LogP contribution in [0.2, 0.25) is 0 Å². The molecule has 1 aromatic heterocycles. The van der Waals surface area contributed by atoms with Crippen LogP contribution in [-0.4, -0.2) is 11.5 Å². The SMILES string of the molecule is [CH]1CNc2cccnc21. The molecule has 0 atom stereocenters. The minimum atomic E-state index is 0.923. The van der Waals surface area contributed by atoms with Crippen LogP contribution in [0.4, 0.5) is 5.69 Å². The van der Waals surface area contributed by atoms with Gasteiger partial charge in [-0.2, -0.15) is 0 Å². The first-order valence-electron chi connectivity index (χ1n) is 2.99. The fourth-order valence-corrected chi connectivity index (χ4v) is 0.987. The molecule has 1 aromatic rings. The van der Waals surface area contributed by atoms with Crippen LogP contribution in [0.5, 0.6) is 0 Å². The highest BCUT2D eigenvalue weighted by Crippen LogP contribution is 2.18. The normalized spacial score (nSPS) is 14.7. The second-order valence-corrected chi connectivity index (χ2v) is 2.02. The number of hydrogen-bond acceptors (Lipinski definition) is 2. The van der Waals surface area contributed by atoms with Gasteiger partial charge in [0.2, 0.25) is 0 Å². The lowest BCUT2D eigenvalue weighted by molar-refractivity contribution is 1.24. The van der Waals surface area contributed by atoms with E-state index in [0.29, 0.717) is 0 Å². The molecule has 0 saturated carbocycles. The molecule has 0 unspecified atom stereocenters. The van der Waals surface area contributed by atoms with E-state index in [2.05, 4.69) is 16.7 Å². The van der Waals surface area contributed by atoms with E-state index in [0.717, 1.165) is 17.9 Å². The minimum absolute atomic E-state index is 0.923. The van der Waals surface area contributed by atoms with E-state index in [1.807, 2.05) is 18.3 Å². The summed E-state index contributed by atoms with van der Waals surface area (Å²) in [6.45, 7) is 0.923. The van der Waals surface area contributed by atoms with E-state index in [4.69, 9.17) is 0 Å². The Bertz CT molecular complexity index is 197. The molecule has 1 aliphatic heterocycles. The first-order valence-corrected chi connectivity index (χ1v) is 2.99. The zero-order valence-electron chi connectivity index (χ0n) is 4.96. The maximum atomic E-state index is 4.14. The first-order chi connectivity index (χ1) is 4.47. The lowest BCUT2D eigenvalue weighted by atomic mass is 10.3. The fourth-order valence-electron chi connectivity index (χ4n) is 0.987. The summed E-state index contributed by atoms with van der Waals surface area (Å²) in [7, 11) is 0. The van der Waals surface area contributed by atoms with Crippen molar-refractivity contribution in [1.82, 2.24) is 4.98 Å². The minimum Gasteiger partial charge on any atom is -0.383 e. The molecule has 2 nitrogen and oxygen atoms in total. The molecule has 0 spiro atoms. The highest BCUT2D eigenvalue weighted by Gasteiger charge is 2.08. The van der Waals surface area contributed by atoms with Gasteiger partial charge in [-0.25, -0.2) is 0 Å². The summed E-state index contributed by atoms with van der Waals surface area (Å²) in [4.78, 5) is 4.14. The maximum Gasteiger partial charge on any atom is 0.0690 e. The molecule has 0 saturated heterocycles. The summed E-state index contributed by atoms with van der Waals surface area (Å²) >= 11 is 0. The fraction of sp³-hybridized carbons (Fsp3) is 0.143. The number of fused-ring (bicyclic) bond motifs is 1. The van der Waals surface area contributed by atoms with E-state index in [1.165, 1.54) is 0 Å². The second kappa shape index (κ2) is 1.72. The predicted molar refractivity (Wildman–Crippen MR) is 36.1 cm³/mol. The Balaban J connectivity index is 2.54. The monoisotopic (exact) mass is 119 g/mol. The van der Waals surface area contributed by atoms with Crippen LogP contribution >= 0.6 is 0 Å². The molecule has 9 heavy (non-hydrogen) atoms. The Morgan fingerprint density at radius 2 is 2.56 bits per heavy atom. The van der Waals surface area contributed by atoms with E-state index in [1.54, 1.807) is 0 Å². The number of nitrogens with one attached hydrogen (secondary N) is 1. The number of nitrogens with zero attached hydrogens (tertiary/aromatic N) is 1. The van der Waals surface area contributed by atoms with Crippen LogP contribution in [0, 0.1) is 6.42 Å². The molecule has 0 amide bonds. The summed E-state index contributed by atoms with van der Waals surface area (Å²) in [6, 6.07) is 3.97. The highest BCUT2D eigenvalue weighted by atomic mass is 14.9. The Morgan fingerprint density at radius 3 is 3.44 bits per heavy atom. The van der Waals surface area contributed by atoms with Gasteiger partial charge in [0.25, 0.3) is 0 Å². The van der Waals surface area contributed by atoms with Gasteiger partial charge >= 0.3 is 0 Å².